The maximum Gasteiger partial charge on any atom is 0.338 e. The van der Waals surface area contributed by atoms with Crippen molar-refractivity contribution in [1.29, 1.82) is 0 Å². The molecule has 5 nitrogen and oxygen atoms in total. The van der Waals surface area contributed by atoms with Gasteiger partial charge in [0.15, 0.2) is 12.4 Å². The fourth-order valence-corrected chi connectivity index (χ4v) is 1.86. The Hall–Kier alpha value is -1.95. The predicted octanol–water partition coefficient (Wildman–Crippen LogP) is 2.18. The molecule has 0 aliphatic rings. The van der Waals surface area contributed by atoms with Gasteiger partial charge < -0.3 is 10.5 Å². The molecule has 0 bridgehead atoms. The van der Waals surface area contributed by atoms with E-state index < -0.39 is 5.97 Å². The van der Waals surface area contributed by atoms with Crippen molar-refractivity contribution in [2.75, 3.05) is 5.73 Å². The first-order valence-corrected chi connectivity index (χ1v) is 5.93. The average Bonchev–Trinajstić information content (AvgIpc) is 2.36. The molecule has 92 valence electrons. The molecule has 1 aromatic carbocycles. The molecule has 0 aliphatic heterocycles. The number of carbonyl (C=O) groups is 1. The van der Waals surface area contributed by atoms with E-state index >= 15 is 0 Å². The molecule has 0 spiro atoms. The van der Waals surface area contributed by atoms with Crippen LogP contribution in [0.15, 0.2) is 41.1 Å². The van der Waals surface area contributed by atoms with Crippen LogP contribution >= 0.6 is 15.9 Å². The summed E-state index contributed by atoms with van der Waals surface area (Å²) in [5.41, 5.74) is 6.52. The summed E-state index contributed by atoms with van der Waals surface area (Å²) in [4.78, 5) is 19.7. The number of carbonyl (C=O) groups excluding carboxylic acids is 1. The Balaban J connectivity index is 2.04. The summed E-state index contributed by atoms with van der Waals surface area (Å²) < 4.78 is 5.81. The first-order chi connectivity index (χ1) is 8.65. The highest BCUT2D eigenvalue weighted by atomic mass is 79.9. The van der Waals surface area contributed by atoms with Gasteiger partial charge in [-0.05, 0) is 24.3 Å². The third-order valence-corrected chi connectivity index (χ3v) is 2.57. The van der Waals surface area contributed by atoms with Crippen LogP contribution in [0.1, 0.15) is 16.2 Å². The van der Waals surface area contributed by atoms with E-state index in [1.165, 1.54) is 0 Å². The first-order valence-electron chi connectivity index (χ1n) is 5.14. The van der Waals surface area contributed by atoms with Gasteiger partial charge >= 0.3 is 5.97 Å². The maximum absolute atomic E-state index is 11.8. The monoisotopic (exact) mass is 307 g/mol. The number of hydrogen-bond acceptors (Lipinski definition) is 5. The molecule has 2 rings (SSSR count). The Morgan fingerprint density at radius 1 is 1.28 bits per heavy atom. The van der Waals surface area contributed by atoms with Gasteiger partial charge in [0, 0.05) is 22.6 Å². The molecule has 0 atom stereocenters. The second-order valence-electron chi connectivity index (χ2n) is 3.51. The summed E-state index contributed by atoms with van der Waals surface area (Å²) in [6.45, 7) is 0.0338. The zero-order chi connectivity index (χ0) is 13.0. The molecular weight excluding hydrogens is 298 g/mol. The minimum Gasteiger partial charge on any atom is -0.454 e. The Bertz CT molecular complexity index is 540. The van der Waals surface area contributed by atoms with Gasteiger partial charge in [0.1, 0.15) is 0 Å². The molecule has 2 N–H and O–H groups in total. The molecule has 0 saturated heterocycles. The van der Waals surface area contributed by atoms with Crippen LogP contribution in [0.3, 0.4) is 0 Å². The minimum atomic E-state index is -0.463. The number of nitrogens with zero attached hydrogens (tertiary/aromatic N) is 2. The Kier molecular flexibility index (Phi) is 3.88. The number of nitrogens with two attached hydrogens (primary N) is 1. The number of ether oxygens (including phenoxy) is 1. The van der Waals surface area contributed by atoms with Gasteiger partial charge in [0.2, 0.25) is 0 Å². The number of anilines is 1. The molecule has 0 saturated carbocycles. The van der Waals surface area contributed by atoms with Crippen LogP contribution in [-0.4, -0.2) is 15.9 Å². The molecule has 0 fully saturated rings. The second kappa shape index (κ2) is 5.59. The Labute approximate surface area is 112 Å². The Morgan fingerprint density at radius 2 is 2.00 bits per heavy atom. The van der Waals surface area contributed by atoms with Crippen LogP contribution < -0.4 is 5.73 Å². The van der Waals surface area contributed by atoms with Gasteiger partial charge in [-0.3, -0.25) is 0 Å². The van der Waals surface area contributed by atoms with Crippen molar-refractivity contribution in [1.82, 2.24) is 9.97 Å². The average molecular weight is 308 g/mol. The number of esters is 1. The van der Waals surface area contributed by atoms with Crippen LogP contribution in [0.4, 0.5) is 5.69 Å². The fourth-order valence-electron chi connectivity index (χ4n) is 1.35. The van der Waals surface area contributed by atoms with Gasteiger partial charge in [-0.15, -0.1) is 0 Å². The quantitative estimate of drug-likeness (QED) is 0.694. The van der Waals surface area contributed by atoms with Crippen LogP contribution in [0.5, 0.6) is 0 Å². The van der Waals surface area contributed by atoms with E-state index in [4.69, 9.17) is 10.5 Å². The van der Waals surface area contributed by atoms with Gasteiger partial charge in [0.25, 0.3) is 0 Å². The molecule has 0 unspecified atom stereocenters. The number of benzene rings is 1. The van der Waals surface area contributed by atoms with Crippen molar-refractivity contribution in [3.63, 3.8) is 0 Å². The number of halogens is 1. The zero-order valence-corrected chi connectivity index (χ0v) is 10.9. The highest BCUT2D eigenvalue weighted by molar-refractivity contribution is 9.10. The second-order valence-corrected chi connectivity index (χ2v) is 4.43. The number of rotatable bonds is 3. The van der Waals surface area contributed by atoms with E-state index in [0.717, 1.165) is 4.47 Å². The molecule has 1 heterocycles. The summed E-state index contributed by atoms with van der Waals surface area (Å²) in [7, 11) is 0. The van der Waals surface area contributed by atoms with E-state index in [1.807, 2.05) is 0 Å². The number of aromatic nitrogens is 2. The largest absolute Gasteiger partial charge is 0.454 e. The lowest BCUT2D eigenvalue weighted by Crippen LogP contribution is -2.07. The highest BCUT2D eigenvalue weighted by Gasteiger charge is 2.09. The molecule has 6 heteroatoms. The van der Waals surface area contributed by atoms with Crippen LogP contribution in [0.2, 0.25) is 0 Å². The van der Waals surface area contributed by atoms with Gasteiger partial charge in [0.05, 0.1) is 5.56 Å². The van der Waals surface area contributed by atoms with E-state index in [9.17, 15) is 4.79 Å². The van der Waals surface area contributed by atoms with E-state index in [0.29, 0.717) is 17.1 Å². The SMILES string of the molecule is Nc1cc(Br)cc(C(=O)OCc2ncccn2)c1. The van der Waals surface area contributed by atoms with Gasteiger partial charge in [-0.2, -0.15) is 0 Å². The molecule has 0 amide bonds. The van der Waals surface area contributed by atoms with Crippen molar-refractivity contribution in [3.05, 3.63) is 52.5 Å². The topological polar surface area (TPSA) is 78.1 Å². The summed E-state index contributed by atoms with van der Waals surface area (Å²) in [6, 6.07) is 6.60. The molecule has 1 aromatic heterocycles. The molecule has 2 aromatic rings. The smallest absolute Gasteiger partial charge is 0.338 e. The molecule has 0 aliphatic carbocycles. The lowest BCUT2D eigenvalue weighted by Gasteiger charge is -2.05. The van der Waals surface area contributed by atoms with Crippen molar-refractivity contribution in [2.24, 2.45) is 0 Å². The van der Waals surface area contributed by atoms with Crippen molar-refractivity contribution >= 4 is 27.6 Å². The van der Waals surface area contributed by atoms with E-state index in [1.54, 1.807) is 36.7 Å². The first kappa shape index (κ1) is 12.5. The lowest BCUT2D eigenvalue weighted by atomic mass is 10.2. The molecule has 18 heavy (non-hydrogen) atoms. The normalized spacial score (nSPS) is 10.1. The lowest BCUT2D eigenvalue weighted by molar-refractivity contribution is 0.0462. The van der Waals surface area contributed by atoms with Gasteiger partial charge in [-0.1, -0.05) is 15.9 Å². The van der Waals surface area contributed by atoms with Crippen LogP contribution in [-0.2, 0) is 11.3 Å². The zero-order valence-electron chi connectivity index (χ0n) is 9.34. The standard InChI is InChI=1S/C12H10BrN3O2/c13-9-4-8(5-10(14)6-9)12(17)18-7-11-15-2-1-3-16-11/h1-6H,7,14H2. The third kappa shape index (κ3) is 3.27. The van der Waals surface area contributed by atoms with Crippen molar-refractivity contribution < 1.29 is 9.53 Å². The Morgan fingerprint density at radius 3 is 2.67 bits per heavy atom. The summed E-state index contributed by atoms with van der Waals surface area (Å²) >= 11 is 3.26. The maximum atomic E-state index is 11.8. The van der Waals surface area contributed by atoms with Crippen molar-refractivity contribution in [3.8, 4) is 0 Å². The predicted molar refractivity (Wildman–Crippen MR) is 69.7 cm³/mol. The van der Waals surface area contributed by atoms with Crippen LogP contribution in [0.25, 0.3) is 0 Å². The summed E-state index contributed by atoms with van der Waals surface area (Å²) in [6.07, 6.45) is 3.18. The summed E-state index contributed by atoms with van der Waals surface area (Å²) in [5, 5.41) is 0. The fraction of sp³-hybridized carbons (Fsp3) is 0.0833. The van der Waals surface area contributed by atoms with Crippen molar-refractivity contribution in [2.45, 2.75) is 6.61 Å². The number of nitrogen functional groups attached to an aromatic ring is 1. The van der Waals surface area contributed by atoms with Crippen LogP contribution in [0, 0.1) is 0 Å². The number of hydrogen-bond donors (Lipinski definition) is 1. The molecule has 0 radical (unpaired) electrons. The van der Waals surface area contributed by atoms with E-state index in [-0.39, 0.29) is 6.61 Å². The van der Waals surface area contributed by atoms with E-state index in [2.05, 4.69) is 25.9 Å². The van der Waals surface area contributed by atoms with Gasteiger partial charge in [-0.25, -0.2) is 14.8 Å². The third-order valence-electron chi connectivity index (χ3n) is 2.11. The molecular formula is C12H10BrN3O2. The highest BCUT2D eigenvalue weighted by Crippen LogP contribution is 2.18. The summed E-state index contributed by atoms with van der Waals surface area (Å²) in [5.74, 6) is -0.00993. The minimum absolute atomic E-state index is 0.0338.